The fourth-order valence-electron chi connectivity index (χ4n) is 5.08. The molecule has 8 heteroatoms. The van der Waals surface area contributed by atoms with Gasteiger partial charge in [0.2, 0.25) is 5.91 Å². The summed E-state index contributed by atoms with van der Waals surface area (Å²) in [6, 6.07) is 10.7. The van der Waals surface area contributed by atoms with Crippen LogP contribution >= 0.6 is 11.6 Å². The Morgan fingerprint density at radius 3 is 2.48 bits per heavy atom. The topological polar surface area (TPSA) is 41.6 Å². The summed E-state index contributed by atoms with van der Waals surface area (Å²) in [5, 5.41) is 3.64. The number of carbonyl (C=O) groups is 1. The van der Waals surface area contributed by atoms with Gasteiger partial charge in [0.05, 0.1) is 18.2 Å². The number of halogens is 4. The first-order chi connectivity index (χ1) is 15.7. The van der Waals surface area contributed by atoms with E-state index in [9.17, 15) is 18.0 Å². The van der Waals surface area contributed by atoms with Crippen LogP contribution in [-0.2, 0) is 16.4 Å². The first kappa shape index (κ1) is 22.5. The van der Waals surface area contributed by atoms with Gasteiger partial charge in [0.15, 0.2) is 0 Å². The van der Waals surface area contributed by atoms with Gasteiger partial charge in [0.1, 0.15) is 5.75 Å². The SMILES string of the molecule is O=C(Nc1ccc(Cl)cc1)[C@@H](CC1CC1)N1CCC2(CC1)COc1cc(C(F)(F)F)ccc12. The molecule has 0 radical (unpaired) electrons. The molecule has 1 saturated carbocycles. The Kier molecular flexibility index (Phi) is 5.81. The second kappa shape index (κ2) is 8.51. The summed E-state index contributed by atoms with van der Waals surface area (Å²) >= 11 is 5.95. The van der Waals surface area contributed by atoms with Crippen molar-refractivity contribution in [3.8, 4) is 5.75 Å². The Hall–Kier alpha value is -2.25. The number of alkyl halides is 3. The number of rotatable bonds is 5. The van der Waals surface area contributed by atoms with Crippen molar-refractivity contribution in [1.82, 2.24) is 4.90 Å². The van der Waals surface area contributed by atoms with Crippen LogP contribution < -0.4 is 10.1 Å². The maximum absolute atomic E-state index is 13.2. The molecule has 2 heterocycles. The van der Waals surface area contributed by atoms with Gasteiger partial charge in [0, 0.05) is 21.7 Å². The Balaban J connectivity index is 1.29. The molecule has 2 aromatic carbocycles. The molecular formula is C25H26ClF3N2O2. The number of carbonyl (C=O) groups excluding carboxylic acids is 1. The van der Waals surface area contributed by atoms with Crippen LogP contribution in [-0.4, -0.2) is 36.5 Å². The third-order valence-corrected chi connectivity index (χ3v) is 7.50. The molecule has 1 spiro atoms. The molecule has 1 aliphatic carbocycles. The first-order valence-corrected chi connectivity index (χ1v) is 11.8. The number of anilines is 1. The molecule has 3 aliphatic rings. The predicted molar refractivity (Wildman–Crippen MR) is 121 cm³/mol. The van der Waals surface area contributed by atoms with E-state index in [0.717, 1.165) is 55.5 Å². The molecular weight excluding hydrogens is 453 g/mol. The summed E-state index contributed by atoms with van der Waals surface area (Å²) in [7, 11) is 0. The molecule has 0 bridgehead atoms. The molecule has 0 unspecified atom stereocenters. The minimum absolute atomic E-state index is 0.0157. The average Bonchev–Trinajstić information content (AvgIpc) is 3.55. The van der Waals surface area contributed by atoms with Gasteiger partial charge in [-0.2, -0.15) is 13.2 Å². The second-order valence-electron chi connectivity index (χ2n) is 9.50. The lowest BCUT2D eigenvalue weighted by Gasteiger charge is -2.41. The van der Waals surface area contributed by atoms with Crippen LogP contribution in [0.15, 0.2) is 42.5 Å². The Labute approximate surface area is 196 Å². The van der Waals surface area contributed by atoms with E-state index >= 15 is 0 Å². The number of fused-ring (bicyclic) bond motifs is 2. The van der Waals surface area contributed by atoms with Gasteiger partial charge in [-0.25, -0.2) is 0 Å². The highest BCUT2D eigenvalue weighted by Crippen LogP contribution is 2.48. The number of hydrogen-bond acceptors (Lipinski definition) is 3. The molecule has 4 nitrogen and oxygen atoms in total. The summed E-state index contributed by atoms with van der Waals surface area (Å²) in [6.07, 6.45) is 0.261. The third kappa shape index (κ3) is 4.71. The van der Waals surface area contributed by atoms with Gasteiger partial charge in [-0.15, -0.1) is 0 Å². The number of hydrogen-bond donors (Lipinski definition) is 1. The van der Waals surface area contributed by atoms with Crippen molar-refractivity contribution in [1.29, 1.82) is 0 Å². The Morgan fingerprint density at radius 1 is 1.15 bits per heavy atom. The van der Waals surface area contributed by atoms with E-state index in [1.165, 1.54) is 0 Å². The molecule has 1 saturated heterocycles. The lowest BCUT2D eigenvalue weighted by Crippen LogP contribution is -2.51. The normalized spacial score (nSPS) is 20.8. The number of amides is 1. The summed E-state index contributed by atoms with van der Waals surface area (Å²) < 4.78 is 45.0. The molecule has 1 N–H and O–H groups in total. The summed E-state index contributed by atoms with van der Waals surface area (Å²) in [5.74, 6) is 0.907. The zero-order valence-corrected chi connectivity index (χ0v) is 18.9. The van der Waals surface area contributed by atoms with Crippen molar-refractivity contribution in [3.63, 3.8) is 0 Å². The zero-order valence-electron chi connectivity index (χ0n) is 18.1. The van der Waals surface area contributed by atoms with E-state index in [1.54, 1.807) is 30.3 Å². The molecule has 0 aromatic heterocycles. The number of ether oxygens (including phenoxy) is 1. The number of likely N-dealkylation sites (tertiary alicyclic amines) is 1. The van der Waals surface area contributed by atoms with Gasteiger partial charge in [0.25, 0.3) is 0 Å². The fourth-order valence-corrected chi connectivity index (χ4v) is 5.20. The smallest absolute Gasteiger partial charge is 0.416 e. The summed E-state index contributed by atoms with van der Waals surface area (Å²) in [4.78, 5) is 15.4. The largest absolute Gasteiger partial charge is 0.492 e. The van der Waals surface area contributed by atoms with E-state index in [2.05, 4.69) is 10.2 Å². The number of piperidine rings is 1. The van der Waals surface area contributed by atoms with E-state index < -0.39 is 11.7 Å². The monoisotopic (exact) mass is 478 g/mol. The van der Waals surface area contributed by atoms with Crippen molar-refractivity contribution in [2.75, 3.05) is 25.0 Å². The van der Waals surface area contributed by atoms with E-state index in [1.807, 2.05) is 0 Å². The van der Waals surface area contributed by atoms with Crippen molar-refractivity contribution >= 4 is 23.2 Å². The van der Waals surface area contributed by atoms with Crippen molar-refractivity contribution < 1.29 is 22.7 Å². The van der Waals surface area contributed by atoms with Crippen LogP contribution in [0.3, 0.4) is 0 Å². The minimum atomic E-state index is -4.38. The minimum Gasteiger partial charge on any atom is -0.492 e. The Bertz CT molecular complexity index is 1030. The predicted octanol–water partition coefficient (Wildman–Crippen LogP) is 5.89. The highest BCUT2D eigenvalue weighted by Gasteiger charge is 2.46. The van der Waals surface area contributed by atoms with Crippen molar-refractivity contribution in [2.24, 2.45) is 5.92 Å². The van der Waals surface area contributed by atoms with E-state index in [0.29, 0.717) is 36.4 Å². The van der Waals surface area contributed by atoms with Crippen LogP contribution in [0.2, 0.25) is 5.02 Å². The maximum atomic E-state index is 13.2. The second-order valence-corrected chi connectivity index (χ2v) is 9.94. The van der Waals surface area contributed by atoms with Gasteiger partial charge in [-0.05, 0) is 74.7 Å². The van der Waals surface area contributed by atoms with Crippen LogP contribution in [0.1, 0.15) is 43.2 Å². The first-order valence-electron chi connectivity index (χ1n) is 11.4. The highest BCUT2D eigenvalue weighted by molar-refractivity contribution is 6.30. The molecule has 1 atom stereocenters. The summed E-state index contributed by atoms with van der Waals surface area (Å²) in [5.41, 5.74) is 0.614. The summed E-state index contributed by atoms with van der Waals surface area (Å²) in [6.45, 7) is 1.80. The van der Waals surface area contributed by atoms with Crippen LogP contribution in [0.25, 0.3) is 0 Å². The number of nitrogens with one attached hydrogen (secondary N) is 1. The zero-order chi connectivity index (χ0) is 23.2. The quantitative estimate of drug-likeness (QED) is 0.582. The Morgan fingerprint density at radius 2 is 1.85 bits per heavy atom. The standard InChI is InChI=1S/C25H26ClF3N2O2/c26-18-4-6-19(7-5-18)30-23(32)21(13-16-1-2-16)31-11-9-24(10-12-31)15-33-22-14-17(25(27,28)29)3-8-20(22)24/h3-8,14,16,21H,1-2,9-13,15H2,(H,30,32)/t21-/m1/s1. The van der Waals surface area contributed by atoms with E-state index in [-0.39, 0.29) is 17.4 Å². The van der Waals surface area contributed by atoms with Crippen molar-refractivity contribution in [2.45, 2.75) is 49.7 Å². The molecule has 176 valence electrons. The van der Waals surface area contributed by atoms with Crippen LogP contribution in [0, 0.1) is 5.92 Å². The maximum Gasteiger partial charge on any atom is 0.416 e. The van der Waals surface area contributed by atoms with Crippen molar-refractivity contribution in [3.05, 3.63) is 58.6 Å². The molecule has 2 aliphatic heterocycles. The molecule has 1 amide bonds. The van der Waals surface area contributed by atoms with Gasteiger partial charge in [-0.3, -0.25) is 9.69 Å². The van der Waals surface area contributed by atoms with E-state index in [4.69, 9.17) is 16.3 Å². The fraction of sp³-hybridized carbons (Fsp3) is 0.480. The van der Waals surface area contributed by atoms with Gasteiger partial charge < -0.3 is 10.1 Å². The number of nitrogens with zero attached hydrogens (tertiary/aromatic N) is 1. The third-order valence-electron chi connectivity index (χ3n) is 7.25. The molecule has 5 rings (SSSR count). The molecule has 2 fully saturated rings. The van der Waals surface area contributed by atoms with Crippen LogP contribution in [0.4, 0.5) is 18.9 Å². The van der Waals surface area contributed by atoms with Crippen LogP contribution in [0.5, 0.6) is 5.75 Å². The molecule has 33 heavy (non-hydrogen) atoms. The molecule has 2 aromatic rings. The highest BCUT2D eigenvalue weighted by atomic mass is 35.5. The lowest BCUT2D eigenvalue weighted by atomic mass is 9.74. The van der Waals surface area contributed by atoms with Gasteiger partial charge in [-0.1, -0.05) is 30.5 Å². The lowest BCUT2D eigenvalue weighted by molar-refractivity contribution is -0.137. The van der Waals surface area contributed by atoms with Gasteiger partial charge >= 0.3 is 6.18 Å². The average molecular weight is 479 g/mol. The number of benzene rings is 2.